The third-order valence-corrected chi connectivity index (χ3v) is 8.85. The number of carbonyl (C=O) groups is 2. The molecular formula is C36H39FN4O6. The van der Waals surface area contributed by atoms with Crippen LogP contribution in [-0.2, 0) is 24.1 Å². The Bertz CT molecular complexity index is 1650. The van der Waals surface area contributed by atoms with Crippen LogP contribution in [0.4, 0.5) is 10.1 Å². The molecule has 1 aliphatic heterocycles. The molecule has 47 heavy (non-hydrogen) atoms. The molecule has 11 heteroatoms. The lowest BCUT2D eigenvalue weighted by atomic mass is 9.78. The Morgan fingerprint density at radius 1 is 0.872 bits per heavy atom. The number of hydrogen-bond donors (Lipinski definition) is 5. The van der Waals surface area contributed by atoms with Crippen LogP contribution >= 0.6 is 0 Å². The molecule has 0 unspecified atom stereocenters. The second kappa shape index (κ2) is 14.9. The molecule has 0 spiro atoms. The fourth-order valence-electron chi connectivity index (χ4n) is 5.88. The first-order valence-corrected chi connectivity index (χ1v) is 15.6. The molecule has 10 nitrogen and oxygen atoms in total. The summed E-state index contributed by atoms with van der Waals surface area (Å²) in [4.78, 5) is 34.6. The monoisotopic (exact) mass is 642 g/mol. The number of aromatic nitrogens is 2. The molecule has 0 saturated carbocycles. The lowest BCUT2D eigenvalue weighted by molar-refractivity contribution is -0.131. The number of nitrogens with two attached hydrogens (primary N) is 1. The number of anilines is 1. The molecule has 1 aliphatic rings. The minimum absolute atomic E-state index is 0.0274. The number of rotatable bonds is 15. The van der Waals surface area contributed by atoms with Gasteiger partial charge in [-0.2, -0.15) is 0 Å². The van der Waals surface area contributed by atoms with Gasteiger partial charge in [0.1, 0.15) is 11.4 Å². The molecule has 0 aliphatic carbocycles. The van der Waals surface area contributed by atoms with Crippen molar-refractivity contribution in [3.05, 3.63) is 125 Å². The van der Waals surface area contributed by atoms with Crippen molar-refractivity contribution in [2.45, 2.75) is 56.3 Å². The molecule has 2 heterocycles. The molecule has 1 fully saturated rings. The molecule has 1 saturated heterocycles. The number of primary amides is 1. The van der Waals surface area contributed by atoms with Crippen molar-refractivity contribution in [3.8, 4) is 0 Å². The van der Waals surface area contributed by atoms with Gasteiger partial charge in [-0.3, -0.25) is 9.59 Å². The van der Waals surface area contributed by atoms with Crippen molar-refractivity contribution in [2.24, 2.45) is 11.7 Å². The van der Waals surface area contributed by atoms with Gasteiger partial charge in [0.2, 0.25) is 11.7 Å². The van der Waals surface area contributed by atoms with Crippen molar-refractivity contribution in [1.29, 1.82) is 0 Å². The number of carbonyl (C=O) groups excluding carboxylic acids is 2. The predicted octanol–water partition coefficient (Wildman–Crippen LogP) is 3.37. The Labute approximate surface area is 272 Å². The van der Waals surface area contributed by atoms with E-state index in [9.17, 15) is 34.4 Å². The first kappa shape index (κ1) is 33.8. The van der Waals surface area contributed by atoms with Crippen molar-refractivity contribution in [1.82, 2.24) is 9.97 Å². The molecule has 6 N–H and O–H groups in total. The molecule has 3 atom stereocenters. The molecule has 2 amide bonds. The molecule has 0 bridgehead atoms. The fourth-order valence-corrected chi connectivity index (χ4v) is 5.88. The van der Waals surface area contributed by atoms with Crippen molar-refractivity contribution in [2.75, 3.05) is 18.1 Å². The number of β-lactam (4-membered cyclic amide) rings is 1. The summed E-state index contributed by atoms with van der Waals surface area (Å²) in [6.45, 7) is -1.08. The van der Waals surface area contributed by atoms with E-state index in [-0.39, 0.29) is 35.9 Å². The van der Waals surface area contributed by atoms with Gasteiger partial charge >= 0.3 is 0 Å². The summed E-state index contributed by atoms with van der Waals surface area (Å²) < 4.78 is 13.4. The number of aryl methyl sites for hydroxylation is 3. The zero-order valence-corrected chi connectivity index (χ0v) is 25.9. The summed E-state index contributed by atoms with van der Waals surface area (Å²) in [6.07, 6.45) is 5.08. The average Bonchev–Trinajstić information content (AvgIpc) is 3.09. The van der Waals surface area contributed by atoms with Gasteiger partial charge in [0.15, 0.2) is 0 Å². The van der Waals surface area contributed by atoms with Gasteiger partial charge in [0.25, 0.3) is 5.91 Å². The van der Waals surface area contributed by atoms with Crippen LogP contribution in [0.2, 0.25) is 0 Å². The van der Waals surface area contributed by atoms with Crippen molar-refractivity contribution < 1.29 is 34.4 Å². The number of nitrogens with zero attached hydrogens (tertiary/aromatic N) is 3. The first-order chi connectivity index (χ1) is 22.6. The highest BCUT2D eigenvalue weighted by atomic mass is 19.1. The number of hydrogen-bond acceptors (Lipinski definition) is 8. The fraction of sp³-hybridized carbons (Fsp3) is 0.333. The molecule has 4 aromatic rings. The Morgan fingerprint density at radius 3 is 2.04 bits per heavy atom. The van der Waals surface area contributed by atoms with E-state index >= 15 is 0 Å². The number of aliphatic hydroxyl groups excluding tert-OH is 3. The minimum Gasteiger partial charge on any atom is -0.393 e. The quantitative estimate of drug-likeness (QED) is 0.123. The van der Waals surface area contributed by atoms with Crippen LogP contribution in [0.5, 0.6) is 0 Å². The van der Waals surface area contributed by atoms with E-state index in [1.807, 2.05) is 48.5 Å². The van der Waals surface area contributed by atoms with E-state index < -0.39 is 30.8 Å². The van der Waals surface area contributed by atoms with E-state index in [4.69, 9.17) is 5.73 Å². The topological polar surface area (TPSA) is 170 Å². The summed E-state index contributed by atoms with van der Waals surface area (Å²) in [5.74, 6) is -1.53. The Morgan fingerprint density at radius 2 is 1.45 bits per heavy atom. The largest absolute Gasteiger partial charge is 0.393 e. The maximum atomic E-state index is 13.6. The molecule has 5 rings (SSSR count). The second-order valence-corrected chi connectivity index (χ2v) is 12.1. The molecule has 246 valence electrons. The lowest BCUT2D eigenvalue weighted by Crippen LogP contribution is -2.55. The predicted molar refractivity (Wildman–Crippen MR) is 173 cm³/mol. The Balaban J connectivity index is 1.30. The van der Waals surface area contributed by atoms with Gasteiger partial charge in [0.05, 0.1) is 31.3 Å². The smallest absolute Gasteiger partial charge is 0.286 e. The Kier molecular flexibility index (Phi) is 10.7. The average molecular weight is 643 g/mol. The van der Waals surface area contributed by atoms with Gasteiger partial charge in [-0.15, -0.1) is 0 Å². The van der Waals surface area contributed by atoms with Crippen molar-refractivity contribution >= 4 is 17.5 Å². The summed E-state index contributed by atoms with van der Waals surface area (Å²) >= 11 is 0. The highest BCUT2D eigenvalue weighted by molar-refractivity contribution is 6.03. The third-order valence-electron chi connectivity index (χ3n) is 8.85. The van der Waals surface area contributed by atoms with Gasteiger partial charge in [-0.25, -0.2) is 14.4 Å². The number of amides is 2. The van der Waals surface area contributed by atoms with E-state index in [0.717, 1.165) is 27.9 Å². The van der Waals surface area contributed by atoms with Crippen LogP contribution in [0.3, 0.4) is 0 Å². The highest BCUT2D eigenvalue weighted by Gasteiger charge is 2.48. The summed E-state index contributed by atoms with van der Waals surface area (Å²) in [5, 5.41) is 39.8. The number of halogens is 1. The molecule has 3 aromatic carbocycles. The van der Waals surface area contributed by atoms with E-state index in [1.54, 1.807) is 29.4 Å². The van der Waals surface area contributed by atoms with Gasteiger partial charge in [-0.05, 0) is 90.6 Å². The van der Waals surface area contributed by atoms with Crippen LogP contribution in [0, 0.1) is 11.7 Å². The number of benzene rings is 3. The number of aliphatic hydroxyl groups is 4. The van der Waals surface area contributed by atoms with Gasteiger partial charge in [0, 0.05) is 18.1 Å². The Hall–Kier alpha value is -4.55. The molecular weight excluding hydrogens is 603 g/mol. The van der Waals surface area contributed by atoms with Gasteiger partial charge in [-0.1, -0.05) is 48.5 Å². The standard InChI is InChI=1S/C36H39FN4O6/c37-28-11-9-26(10-12-28)31(44)16-15-30-32(27-7-3-24(4-8-27)17-18-36(47,21-42)22-43)41(35(30)46)29-13-5-23(6-14-29)1-2-25-19-39-34(33(38)45)40-20-25/h3-14,19-20,30-32,42-44,47H,1-2,15-18,21-22H2,(H2,38,45)/t30-,31+,32-/m1/s1. The molecule has 0 radical (unpaired) electrons. The third kappa shape index (κ3) is 8.06. The maximum absolute atomic E-state index is 13.6. The van der Waals surface area contributed by atoms with Crippen LogP contribution in [0.25, 0.3) is 0 Å². The van der Waals surface area contributed by atoms with Crippen LogP contribution < -0.4 is 10.6 Å². The maximum Gasteiger partial charge on any atom is 0.286 e. The van der Waals surface area contributed by atoms with Crippen LogP contribution in [0.1, 0.15) is 69.8 Å². The molecule has 1 aromatic heterocycles. The van der Waals surface area contributed by atoms with E-state index in [0.29, 0.717) is 37.7 Å². The summed E-state index contributed by atoms with van der Waals surface area (Å²) in [7, 11) is 0. The highest BCUT2D eigenvalue weighted by Crippen LogP contribution is 2.46. The van der Waals surface area contributed by atoms with E-state index in [2.05, 4.69) is 9.97 Å². The van der Waals surface area contributed by atoms with E-state index in [1.165, 1.54) is 12.1 Å². The first-order valence-electron chi connectivity index (χ1n) is 15.6. The van der Waals surface area contributed by atoms with Crippen LogP contribution in [-0.4, -0.2) is 61.0 Å². The summed E-state index contributed by atoms with van der Waals surface area (Å²) in [5.41, 5.74) is 8.73. The normalized spacial score (nSPS) is 17.0. The van der Waals surface area contributed by atoms with Crippen molar-refractivity contribution in [3.63, 3.8) is 0 Å². The minimum atomic E-state index is -1.55. The summed E-state index contributed by atoms with van der Waals surface area (Å²) in [6, 6.07) is 20.9. The zero-order valence-electron chi connectivity index (χ0n) is 25.9. The zero-order chi connectivity index (χ0) is 33.6. The second-order valence-electron chi connectivity index (χ2n) is 12.1. The van der Waals surface area contributed by atoms with Gasteiger partial charge < -0.3 is 31.1 Å². The SMILES string of the molecule is NC(=O)c1ncc(CCc2ccc(N3C(=O)[C@H](CC[C@H](O)c4ccc(F)cc4)[C@H]3c3ccc(CCC(O)(CO)CO)cc3)cc2)cn1. The lowest BCUT2D eigenvalue weighted by Gasteiger charge is -2.48. The van der Waals surface area contributed by atoms with Crippen LogP contribution in [0.15, 0.2) is 85.2 Å².